The van der Waals surface area contributed by atoms with Crippen LogP contribution in [0.4, 0.5) is 0 Å². The van der Waals surface area contributed by atoms with E-state index in [0.717, 1.165) is 30.5 Å². The van der Waals surface area contributed by atoms with E-state index in [9.17, 15) is 0 Å². The number of nitrogens with one attached hydrogen (secondary N) is 1. The molecule has 0 fully saturated rings. The van der Waals surface area contributed by atoms with Crippen LogP contribution in [0.3, 0.4) is 0 Å². The quantitative estimate of drug-likeness (QED) is 0.681. The smallest absolute Gasteiger partial charge is 0.0831 e. The molecule has 1 N–H and O–H groups in total. The van der Waals surface area contributed by atoms with Gasteiger partial charge < -0.3 is 10.1 Å². The summed E-state index contributed by atoms with van der Waals surface area (Å²) in [5, 5.41) is 3.09. The van der Waals surface area contributed by atoms with Gasteiger partial charge in [-0.3, -0.25) is 0 Å². The van der Waals surface area contributed by atoms with Crippen molar-refractivity contribution in [2.24, 2.45) is 0 Å². The zero-order valence-corrected chi connectivity index (χ0v) is 11.7. The summed E-state index contributed by atoms with van der Waals surface area (Å²) in [6.07, 6.45) is 10.6. The standard InChI is InChI=1S/C12H16BrNO.C2H2/c1-14-6-7-15-12-5-2-9-8-10(13)3-4-11(9)12;1-2/h3-4,8,12,14H,2,5-7H2,1H3;1-2H/t12-;/m0./s1. The lowest BCUT2D eigenvalue weighted by atomic mass is 10.1. The normalized spacial score (nSPS) is 17.1. The number of hydrogen-bond acceptors (Lipinski definition) is 2. The molecule has 1 aliphatic rings. The fourth-order valence-electron chi connectivity index (χ4n) is 2.02. The number of hydrogen-bond donors (Lipinski definition) is 1. The van der Waals surface area contributed by atoms with Crippen LogP contribution >= 0.6 is 15.9 Å². The van der Waals surface area contributed by atoms with Crippen LogP contribution in [0, 0.1) is 12.8 Å². The van der Waals surface area contributed by atoms with Gasteiger partial charge in [0.05, 0.1) is 12.7 Å². The maximum Gasteiger partial charge on any atom is 0.0831 e. The van der Waals surface area contributed by atoms with Gasteiger partial charge in [-0.2, -0.15) is 0 Å². The van der Waals surface area contributed by atoms with E-state index in [4.69, 9.17) is 4.74 Å². The van der Waals surface area contributed by atoms with E-state index in [0.29, 0.717) is 6.10 Å². The number of benzene rings is 1. The molecule has 0 unspecified atom stereocenters. The van der Waals surface area contributed by atoms with Gasteiger partial charge >= 0.3 is 0 Å². The molecule has 2 rings (SSSR count). The zero-order chi connectivity index (χ0) is 12.7. The van der Waals surface area contributed by atoms with Crippen LogP contribution in [0.2, 0.25) is 0 Å². The third kappa shape index (κ3) is 3.85. The summed E-state index contributed by atoms with van der Waals surface area (Å²) in [4.78, 5) is 0. The summed E-state index contributed by atoms with van der Waals surface area (Å²) in [5.41, 5.74) is 2.80. The summed E-state index contributed by atoms with van der Waals surface area (Å²) in [5.74, 6) is 0. The van der Waals surface area contributed by atoms with Crippen molar-refractivity contribution in [2.75, 3.05) is 20.2 Å². The number of aryl methyl sites for hydroxylation is 1. The molecule has 1 aromatic rings. The van der Waals surface area contributed by atoms with Crippen LogP contribution in [-0.2, 0) is 11.2 Å². The van der Waals surface area contributed by atoms with Gasteiger partial charge in [0, 0.05) is 11.0 Å². The van der Waals surface area contributed by atoms with Crippen molar-refractivity contribution in [3.63, 3.8) is 0 Å². The van der Waals surface area contributed by atoms with E-state index < -0.39 is 0 Å². The molecule has 0 heterocycles. The Morgan fingerprint density at radius 1 is 1.47 bits per heavy atom. The predicted octanol–water partition coefficient (Wildman–Crippen LogP) is 2.92. The van der Waals surface area contributed by atoms with Crippen LogP contribution in [0.1, 0.15) is 23.7 Å². The maximum atomic E-state index is 5.83. The molecule has 0 aromatic heterocycles. The monoisotopic (exact) mass is 295 g/mol. The summed E-state index contributed by atoms with van der Waals surface area (Å²) in [6, 6.07) is 6.48. The largest absolute Gasteiger partial charge is 0.372 e. The number of rotatable bonds is 4. The lowest BCUT2D eigenvalue weighted by Gasteiger charge is -2.12. The Kier molecular flexibility index (Phi) is 6.28. The fourth-order valence-corrected chi connectivity index (χ4v) is 2.43. The minimum absolute atomic E-state index is 0.307. The highest BCUT2D eigenvalue weighted by Crippen LogP contribution is 2.35. The van der Waals surface area contributed by atoms with Gasteiger partial charge in [0.1, 0.15) is 0 Å². The van der Waals surface area contributed by atoms with Gasteiger partial charge in [0.2, 0.25) is 0 Å². The first-order valence-electron chi connectivity index (χ1n) is 5.69. The molecule has 1 aromatic carbocycles. The Morgan fingerprint density at radius 2 is 2.24 bits per heavy atom. The number of likely N-dealkylation sites (N-methyl/N-ethyl adjacent to an activating group) is 1. The Bertz CT molecular complexity index is 376. The number of fused-ring (bicyclic) bond motifs is 1. The van der Waals surface area contributed by atoms with Crippen molar-refractivity contribution in [1.82, 2.24) is 5.32 Å². The third-order valence-electron chi connectivity index (χ3n) is 2.80. The summed E-state index contributed by atoms with van der Waals surface area (Å²) in [6.45, 7) is 1.71. The Morgan fingerprint density at radius 3 is 2.94 bits per heavy atom. The molecule has 0 amide bonds. The van der Waals surface area contributed by atoms with Crippen LogP contribution in [0.5, 0.6) is 0 Å². The third-order valence-corrected chi connectivity index (χ3v) is 3.29. The van der Waals surface area contributed by atoms with Crippen molar-refractivity contribution < 1.29 is 4.74 Å². The van der Waals surface area contributed by atoms with Gasteiger partial charge in [-0.15, -0.1) is 12.8 Å². The molecule has 0 aliphatic heterocycles. The topological polar surface area (TPSA) is 21.3 Å². The molecular weight excluding hydrogens is 278 g/mol. The highest BCUT2D eigenvalue weighted by atomic mass is 79.9. The van der Waals surface area contributed by atoms with E-state index in [-0.39, 0.29) is 0 Å². The highest BCUT2D eigenvalue weighted by molar-refractivity contribution is 9.10. The molecule has 92 valence electrons. The summed E-state index contributed by atoms with van der Waals surface area (Å²) < 4.78 is 7.00. The van der Waals surface area contributed by atoms with Crippen molar-refractivity contribution in [3.05, 3.63) is 33.8 Å². The van der Waals surface area contributed by atoms with Gasteiger partial charge in [-0.25, -0.2) is 0 Å². The fraction of sp³-hybridized carbons (Fsp3) is 0.429. The molecule has 17 heavy (non-hydrogen) atoms. The average molecular weight is 296 g/mol. The van der Waals surface area contributed by atoms with Gasteiger partial charge in [0.15, 0.2) is 0 Å². The summed E-state index contributed by atoms with van der Waals surface area (Å²) in [7, 11) is 1.95. The molecule has 1 atom stereocenters. The molecule has 0 bridgehead atoms. The maximum absolute atomic E-state index is 5.83. The van der Waals surface area contributed by atoms with Crippen LogP contribution in [0.25, 0.3) is 0 Å². The SMILES string of the molecule is C#C.CNCCO[C@H]1CCc2cc(Br)ccc21. The molecule has 0 radical (unpaired) electrons. The number of ether oxygens (including phenoxy) is 1. The molecule has 0 spiro atoms. The zero-order valence-electron chi connectivity index (χ0n) is 10.1. The van der Waals surface area contributed by atoms with E-state index in [1.807, 2.05) is 7.05 Å². The molecule has 0 saturated heterocycles. The molecule has 0 saturated carbocycles. The summed E-state index contributed by atoms with van der Waals surface area (Å²) >= 11 is 3.50. The van der Waals surface area contributed by atoms with Crippen molar-refractivity contribution in [1.29, 1.82) is 0 Å². The molecular formula is C14H18BrNO. The first kappa shape index (κ1) is 14.2. The Balaban J connectivity index is 0.000000686. The second kappa shape index (κ2) is 7.50. The first-order valence-corrected chi connectivity index (χ1v) is 6.48. The molecule has 3 heteroatoms. The molecule has 1 aliphatic carbocycles. The van der Waals surface area contributed by atoms with Gasteiger partial charge in [0.25, 0.3) is 0 Å². The van der Waals surface area contributed by atoms with Gasteiger partial charge in [-0.1, -0.05) is 22.0 Å². The van der Waals surface area contributed by atoms with Crippen molar-refractivity contribution in [2.45, 2.75) is 18.9 Å². The van der Waals surface area contributed by atoms with Crippen LogP contribution < -0.4 is 5.32 Å². The number of halogens is 1. The Labute approximate surface area is 112 Å². The number of terminal acetylenes is 1. The van der Waals surface area contributed by atoms with Crippen molar-refractivity contribution in [3.8, 4) is 12.8 Å². The first-order chi connectivity index (χ1) is 8.31. The highest BCUT2D eigenvalue weighted by Gasteiger charge is 2.22. The van der Waals surface area contributed by atoms with Gasteiger partial charge in [-0.05, 0) is 43.1 Å². The molecule has 2 nitrogen and oxygen atoms in total. The minimum atomic E-state index is 0.307. The van der Waals surface area contributed by atoms with Crippen LogP contribution in [0.15, 0.2) is 22.7 Å². The van der Waals surface area contributed by atoms with E-state index >= 15 is 0 Å². The average Bonchev–Trinajstić information content (AvgIpc) is 2.75. The minimum Gasteiger partial charge on any atom is -0.372 e. The predicted molar refractivity (Wildman–Crippen MR) is 75.0 cm³/mol. The Hall–Kier alpha value is -0.820. The van der Waals surface area contributed by atoms with E-state index in [1.165, 1.54) is 11.1 Å². The second-order valence-corrected chi connectivity index (χ2v) is 4.76. The van der Waals surface area contributed by atoms with Crippen molar-refractivity contribution >= 4 is 15.9 Å². The van der Waals surface area contributed by atoms with Crippen LogP contribution in [-0.4, -0.2) is 20.2 Å². The van der Waals surface area contributed by atoms with E-state index in [2.05, 4.69) is 52.3 Å². The lowest BCUT2D eigenvalue weighted by Crippen LogP contribution is -2.15. The lowest BCUT2D eigenvalue weighted by molar-refractivity contribution is 0.0568. The second-order valence-electron chi connectivity index (χ2n) is 3.84. The van der Waals surface area contributed by atoms with E-state index in [1.54, 1.807) is 0 Å².